The van der Waals surface area contributed by atoms with Crippen LogP contribution in [0, 0.1) is 0 Å². The van der Waals surface area contributed by atoms with Crippen molar-refractivity contribution in [2.75, 3.05) is 0 Å². The molecule has 15 heavy (non-hydrogen) atoms. The topological polar surface area (TPSA) is 12.9 Å². The van der Waals surface area contributed by atoms with Crippen molar-refractivity contribution in [3.05, 3.63) is 51.6 Å². The Bertz CT molecular complexity index is 459. The highest BCUT2D eigenvalue weighted by atomic mass is 35.5. The van der Waals surface area contributed by atoms with Crippen molar-refractivity contribution in [1.29, 1.82) is 0 Å². The average Bonchev–Trinajstić information content (AvgIpc) is 2.20. The molecule has 1 aromatic heterocycles. The summed E-state index contributed by atoms with van der Waals surface area (Å²) in [6.45, 7) is 0. The van der Waals surface area contributed by atoms with Crippen molar-refractivity contribution < 1.29 is 0 Å². The molecular formula is C11H6Cl3N. The second kappa shape index (κ2) is 4.40. The third-order valence-corrected chi connectivity index (χ3v) is 2.80. The van der Waals surface area contributed by atoms with Gasteiger partial charge in [0.05, 0.1) is 20.8 Å². The molecule has 4 heteroatoms. The molecule has 0 aliphatic rings. The molecule has 1 heterocycles. The minimum Gasteiger partial charge on any atom is -0.255 e. The van der Waals surface area contributed by atoms with Crippen molar-refractivity contribution in [2.24, 2.45) is 0 Å². The number of hydrogen-bond acceptors (Lipinski definition) is 1. The van der Waals surface area contributed by atoms with E-state index in [1.54, 1.807) is 36.5 Å². The standard InChI is InChI=1S/C11H6Cl3N/c12-7-4-5-10(15-6-7)11-8(13)2-1-3-9(11)14/h1-6H. The summed E-state index contributed by atoms with van der Waals surface area (Å²) in [5, 5.41) is 1.75. The van der Waals surface area contributed by atoms with E-state index >= 15 is 0 Å². The van der Waals surface area contributed by atoms with Crippen molar-refractivity contribution in [1.82, 2.24) is 4.98 Å². The van der Waals surface area contributed by atoms with Crippen LogP contribution in [0.2, 0.25) is 15.1 Å². The molecule has 0 bridgehead atoms. The lowest BCUT2D eigenvalue weighted by molar-refractivity contribution is 1.33. The molecule has 0 unspecified atom stereocenters. The first-order chi connectivity index (χ1) is 7.18. The number of pyridine rings is 1. The van der Waals surface area contributed by atoms with E-state index in [-0.39, 0.29) is 0 Å². The summed E-state index contributed by atoms with van der Waals surface area (Å²) in [6, 6.07) is 8.89. The van der Waals surface area contributed by atoms with Gasteiger partial charge < -0.3 is 0 Å². The van der Waals surface area contributed by atoms with Crippen LogP contribution in [-0.2, 0) is 0 Å². The van der Waals surface area contributed by atoms with Crippen LogP contribution in [0.1, 0.15) is 0 Å². The number of aromatic nitrogens is 1. The molecule has 76 valence electrons. The van der Waals surface area contributed by atoms with Gasteiger partial charge in [0.1, 0.15) is 0 Å². The van der Waals surface area contributed by atoms with Gasteiger partial charge in [-0.25, -0.2) is 0 Å². The van der Waals surface area contributed by atoms with Gasteiger partial charge >= 0.3 is 0 Å². The predicted octanol–water partition coefficient (Wildman–Crippen LogP) is 4.71. The predicted molar refractivity (Wildman–Crippen MR) is 64.7 cm³/mol. The van der Waals surface area contributed by atoms with E-state index < -0.39 is 0 Å². The van der Waals surface area contributed by atoms with E-state index in [0.29, 0.717) is 15.1 Å². The van der Waals surface area contributed by atoms with Crippen LogP contribution in [-0.4, -0.2) is 4.98 Å². The quantitative estimate of drug-likeness (QED) is 0.722. The monoisotopic (exact) mass is 257 g/mol. The van der Waals surface area contributed by atoms with Gasteiger partial charge in [-0.1, -0.05) is 40.9 Å². The molecule has 0 saturated heterocycles. The van der Waals surface area contributed by atoms with Crippen molar-refractivity contribution in [3.63, 3.8) is 0 Å². The van der Waals surface area contributed by atoms with Gasteiger partial charge in [0.25, 0.3) is 0 Å². The minimum atomic E-state index is 0.581. The Hall–Kier alpha value is -0.760. The fourth-order valence-electron chi connectivity index (χ4n) is 1.27. The lowest BCUT2D eigenvalue weighted by Gasteiger charge is -2.05. The number of rotatable bonds is 1. The Morgan fingerprint density at radius 3 is 2.07 bits per heavy atom. The van der Waals surface area contributed by atoms with Gasteiger partial charge in [-0.05, 0) is 24.3 Å². The molecule has 0 aliphatic carbocycles. The first kappa shape index (κ1) is 10.7. The minimum absolute atomic E-state index is 0.581. The smallest absolute Gasteiger partial charge is 0.0733 e. The third-order valence-electron chi connectivity index (χ3n) is 1.95. The van der Waals surface area contributed by atoms with E-state index in [0.717, 1.165) is 11.3 Å². The molecule has 0 spiro atoms. The van der Waals surface area contributed by atoms with Crippen LogP contribution in [0.15, 0.2) is 36.5 Å². The number of nitrogens with zero attached hydrogens (tertiary/aromatic N) is 1. The van der Waals surface area contributed by atoms with E-state index in [4.69, 9.17) is 34.8 Å². The van der Waals surface area contributed by atoms with Crippen molar-refractivity contribution in [3.8, 4) is 11.3 Å². The molecular weight excluding hydrogens is 252 g/mol. The number of halogens is 3. The molecule has 0 atom stereocenters. The van der Waals surface area contributed by atoms with Gasteiger partial charge in [-0.2, -0.15) is 0 Å². The number of hydrogen-bond donors (Lipinski definition) is 0. The second-order valence-electron chi connectivity index (χ2n) is 2.96. The molecule has 2 aromatic rings. The van der Waals surface area contributed by atoms with Crippen LogP contribution in [0.3, 0.4) is 0 Å². The largest absolute Gasteiger partial charge is 0.255 e. The number of benzene rings is 1. The van der Waals surface area contributed by atoms with E-state index in [2.05, 4.69) is 4.98 Å². The summed E-state index contributed by atoms with van der Waals surface area (Å²) >= 11 is 17.8. The summed E-state index contributed by atoms with van der Waals surface area (Å²) in [5.74, 6) is 0. The van der Waals surface area contributed by atoms with Gasteiger partial charge in [0.15, 0.2) is 0 Å². The average molecular weight is 259 g/mol. The molecule has 1 aromatic carbocycles. The van der Waals surface area contributed by atoms with Gasteiger partial charge in [0.2, 0.25) is 0 Å². The molecule has 0 N–H and O–H groups in total. The van der Waals surface area contributed by atoms with Crippen LogP contribution >= 0.6 is 34.8 Å². The zero-order valence-electron chi connectivity index (χ0n) is 7.55. The first-order valence-electron chi connectivity index (χ1n) is 4.24. The zero-order chi connectivity index (χ0) is 10.8. The normalized spacial score (nSPS) is 10.3. The van der Waals surface area contributed by atoms with Crippen LogP contribution in [0.5, 0.6) is 0 Å². The maximum Gasteiger partial charge on any atom is 0.0733 e. The Labute approximate surface area is 103 Å². The highest BCUT2D eigenvalue weighted by Crippen LogP contribution is 2.33. The summed E-state index contributed by atoms with van der Waals surface area (Å²) in [6.07, 6.45) is 1.57. The first-order valence-corrected chi connectivity index (χ1v) is 5.38. The summed E-state index contributed by atoms with van der Waals surface area (Å²) in [7, 11) is 0. The molecule has 0 aliphatic heterocycles. The fraction of sp³-hybridized carbons (Fsp3) is 0. The zero-order valence-corrected chi connectivity index (χ0v) is 9.81. The Kier molecular flexibility index (Phi) is 3.15. The van der Waals surface area contributed by atoms with E-state index in [1.807, 2.05) is 0 Å². The van der Waals surface area contributed by atoms with Crippen molar-refractivity contribution in [2.45, 2.75) is 0 Å². The van der Waals surface area contributed by atoms with Crippen LogP contribution in [0.4, 0.5) is 0 Å². The van der Waals surface area contributed by atoms with Crippen molar-refractivity contribution >= 4 is 34.8 Å². The summed E-state index contributed by atoms with van der Waals surface area (Å²) in [5.41, 5.74) is 1.45. The SMILES string of the molecule is Clc1ccc(-c2c(Cl)cccc2Cl)nc1. The fourth-order valence-corrected chi connectivity index (χ4v) is 1.97. The maximum atomic E-state index is 6.05. The van der Waals surface area contributed by atoms with Crippen LogP contribution in [0.25, 0.3) is 11.3 Å². The molecule has 2 rings (SSSR count). The molecule has 0 saturated carbocycles. The highest BCUT2D eigenvalue weighted by Gasteiger charge is 2.08. The Morgan fingerprint density at radius 2 is 1.53 bits per heavy atom. The van der Waals surface area contributed by atoms with E-state index in [1.165, 1.54) is 0 Å². The molecule has 0 amide bonds. The lowest BCUT2D eigenvalue weighted by atomic mass is 10.1. The van der Waals surface area contributed by atoms with Crippen LogP contribution < -0.4 is 0 Å². The molecule has 1 nitrogen and oxygen atoms in total. The summed E-state index contributed by atoms with van der Waals surface area (Å²) in [4.78, 5) is 4.17. The third kappa shape index (κ3) is 2.25. The van der Waals surface area contributed by atoms with Gasteiger partial charge in [-0.3, -0.25) is 4.98 Å². The van der Waals surface area contributed by atoms with E-state index in [9.17, 15) is 0 Å². The molecule has 0 fully saturated rings. The Morgan fingerprint density at radius 1 is 0.867 bits per heavy atom. The second-order valence-corrected chi connectivity index (χ2v) is 4.21. The van der Waals surface area contributed by atoms with Gasteiger partial charge in [0, 0.05) is 11.8 Å². The summed E-state index contributed by atoms with van der Waals surface area (Å²) < 4.78 is 0. The highest BCUT2D eigenvalue weighted by molar-refractivity contribution is 6.39. The van der Waals surface area contributed by atoms with Gasteiger partial charge in [-0.15, -0.1) is 0 Å². The lowest BCUT2D eigenvalue weighted by Crippen LogP contribution is -1.85. The Balaban J connectivity index is 2.58. The molecule has 0 radical (unpaired) electrons. The maximum absolute atomic E-state index is 6.05.